The minimum Gasteiger partial charge on any atom is -0.716 e. The fourth-order valence-corrected chi connectivity index (χ4v) is 0. The molecule has 0 aromatic rings. The molecule has 0 aromatic heterocycles. The van der Waals surface area contributed by atoms with Crippen LogP contribution < -0.4 is 0 Å². The summed E-state index contributed by atoms with van der Waals surface area (Å²) >= 11 is 37.3. The third-order valence-electron chi connectivity index (χ3n) is 0. The molecule has 0 heterocycles. The number of hydrogen-bond donors (Lipinski definition) is 0. The molecule has 0 aliphatic rings. The van der Waals surface area contributed by atoms with Gasteiger partial charge in [-0.3, -0.25) is 0 Å². The zero-order valence-electron chi connectivity index (χ0n) is 4.75. The van der Waals surface area contributed by atoms with E-state index in [1.807, 2.05) is 0 Å². The van der Waals surface area contributed by atoms with E-state index in [2.05, 4.69) is 48.1 Å². The Morgan fingerprint density at radius 1 is 0.818 bits per heavy atom. The standard InChI is InChI=1S/2Cl2HPS2.Zn/c2*1-3(2,4)5;/h2*(H,4,5);/q;;+2/p-2. The van der Waals surface area contributed by atoms with E-state index in [0.29, 0.717) is 0 Å². The predicted molar refractivity (Wildman–Crippen MR) is 66.7 cm³/mol. The van der Waals surface area contributed by atoms with E-state index >= 15 is 0 Å². The molecule has 0 unspecified atom stereocenters. The van der Waals surface area contributed by atoms with Crippen molar-refractivity contribution in [2.24, 2.45) is 0 Å². The van der Waals surface area contributed by atoms with Gasteiger partial charge in [-0.2, -0.15) is 0 Å². The molecule has 0 radical (unpaired) electrons. The van der Waals surface area contributed by atoms with Crippen LogP contribution in [0.4, 0.5) is 0 Å². The zero-order chi connectivity index (χ0) is 9.00. The number of rotatable bonds is 0. The first-order chi connectivity index (χ1) is 4.00. The van der Waals surface area contributed by atoms with Crippen LogP contribution in [0.15, 0.2) is 0 Å². The molecule has 0 aliphatic carbocycles. The second-order valence-corrected chi connectivity index (χ2v) is 22.4. The molecular weight excluding hydrogens is 397 g/mol. The van der Waals surface area contributed by atoms with Gasteiger partial charge in [-0.05, 0) is 7.89 Å². The van der Waals surface area contributed by atoms with Crippen molar-refractivity contribution in [3.63, 3.8) is 0 Å². The summed E-state index contributed by atoms with van der Waals surface area (Å²) < 4.78 is -4.56. The molecule has 0 N–H and O–H groups in total. The Bertz CT molecular complexity index is 132. The van der Waals surface area contributed by atoms with Crippen LogP contribution in [0.1, 0.15) is 0 Å². The second-order valence-electron chi connectivity index (χ2n) is 0.829. The first-order valence-corrected chi connectivity index (χ1v) is 12.7. The predicted octanol–water partition coefficient (Wildman–Crippen LogP) is 4.47. The molecule has 0 atom stereocenters. The topological polar surface area (TPSA) is 0 Å². The minimum atomic E-state index is -2.28. The molecule has 11 heavy (non-hydrogen) atoms. The van der Waals surface area contributed by atoms with E-state index in [1.54, 1.807) is 0 Å². The summed E-state index contributed by atoms with van der Waals surface area (Å²) in [5, 5.41) is 0. The van der Waals surface area contributed by atoms with Crippen molar-refractivity contribution in [1.29, 1.82) is 0 Å². The number of halogens is 4. The fourth-order valence-electron chi connectivity index (χ4n) is 0. The van der Waals surface area contributed by atoms with Gasteiger partial charge in [0, 0.05) is 0 Å². The van der Waals surface area contributed by atoms with Crippen LogP contribution in [0.2, 0.25) is 0 Å². The van der Waals surface area contributed by atoms with Gasteiger partial charge >= 0.3 is 19.5 Å². The molecule has 0 bridgehead atoms. The Morgan fingerprint density at radius 2 is 0.818 bits per heavy atom. The van der Waals surface area contributed by atoms with Gasteiger partial charge in [0.15, 0.2) is 0 Å². The van der Waals surface area contributed by atoms with E-state index in [9.17, 15) is 0 Å². The molecule has 0 saturated heterocycles. The normalized spacial score (nSPS) is 10.7. The SMILES string of the molecule is S=P([S-])(Cl)Cl.S=P([S-])(Cl)Cl.[Zn+2]. The maximum atomic E-state index is 5.04. The monoisotopic (exact) mass is 394 g/mol. The summed E-state index contributed by atoms with van der Waals surface area (Å²) in [6.07, 6.45) is 0. The third kappa shape index (κ3) is 134. The smallest absolute Gasteiger partial charge is 0.716 e. The molecule has 0 aromatic carbocycles. The Balaban J connectivity index is -0.000000107. The maximum absolute atomic E-state index is 5.04. The average molecular weight is 397 g/mol. The zero-order valence-corrected chi connectivity index (χ0v) is 15.8. The molecule has 0 rings (SSSR count). The van der Waals surface area contributed by atoms with Crippen LogP contribution in [0, 0.1) is 0 Å². The van der Waals surface area contributed by atoms with Crippen molar-refractivity contribution in [3.8, 4) is 0 Å². The molecule has 0 amide bonds. The largest absolute Gasteiger partial charge is 2.00 e. The van der Waals surface area contributed by atoms with Gasteiger partial charge in [0.2, 0.25) is 0 Å². The number of hydrogen-bond acceptors (Lipinski definition) is 4. The Labute approximate surface area is 119 Å². The van der Waals surface area contributed by atoms with Crippen LogP contribution in [0.25, 0.3) is 0 Å². The van der Waals surface area contributed by atoms with Gasteiger partial charge in [-0.15, -0.1) is 0 Å². The second kappa shape index (κ2) is 9.04. The van der Waals surface area contributed by atoms with Crippen molar-refractivity contribution < 1.29 is 19.5 Å². The summed E-state index contributed by atoms with van der Waals surface area (Å²) in [4.78, 5) is 0. The minimum absolute atomic E-state index is 0. The summed E-state index contributed by atoms with van der Waals surface area (Å²) in [5.74, 6) is 0. The Morgan fingerprint density at radius 3 is 0.818 bits per heavy atom. The van der Waals surface area contributed by atoms with E-state index in [0.717, 1.165) is 0 Å². The van der Waals surface area contributed by atoms with Gasteiger partial charge in [-0.1, -0.05) is 68.6 Å². The molecule has 0 fully saturated rings. The van der Waals surface area contributed by atoms with Crippen LogP contribution in [0.5, 0.6) is 0 Å². The first-order valence-electron chi connectivity index (χ1n) is 1.41. The van der Waals surface area contributed by atoms with Crippen molar-refractivity contribution in [1.82, 2.24) is 0 Å². The van der Waals surface area contributed by atoms with Gasteiger partial charge in [0.25, 0.3) is 0 Å². The molecule has 0 saturated carbocycles. The third-order valence-corrected chi connectivity index (χ3v) is 0. The van der Waals surface area contributed by atoms with Crippen molar-refractivity contribution in [2.75, 3.05) is 0 Å². The maximum Gasteiger partial charge on any atom is 2.00 e. The van der Waals surface area contributed by atoms with Crippen molar-refractivity contribution >= 4 is 101 Å². The van der Waals surface area contributed by atoms with Crippen molar-refractivity contribution in [2.45, 2.75) is 0 Å². The van der Waals surface area contributed by atoms with E-state index in [4.69, 9.17) is 45.0 Å². The van der Waals surface area contributed by atoms with E-state index in [-0.39, 0.29) is 19.5 Å². The van der Waals surface area contributed by atoms with E-state index < -0.39 is 7.89 Å². The molecule has 0 aliphatic heterocycles. The Kier molecular flexibility index (Phi) is 16.6. The van der Waals surface area contributed by atoms with Crippen LogP contribution in [-0.4, -0.2) is 0 Å². The average Bonchev–Trinajstić information content (AvgIpc) is 1.12. The summed E-state index contributed by atoms with van der Waals surface area (Å²) in [6.45, 7) is 0. The van der Waals surface area contributed by atoms with Gasteiger partial charge in [-0.25, -0.2) is 0 Å². The summed E-state index contributed by atoms with van der Waals surface area (Å²) in [6, 6.07) is 0. The molecule has 64 valence electrons. The van der Waals surface area contributed by atoms with Crippen LogP contribution >= 0.6 is 52.9 Å². The Hall–Kier alpha value is 3.78. The molecule has 0 nitrogen and oxygen atoms in total. The summed E-state index contributed by atoms with van der Waals surface area (Å²) in [7, 11) is 0. The first kappa shape index (κ1) is 20.2. The quantitative estimate of drug-likeness (QED) is 0.336. The van der Waals surface area contributed by atoms with E-state index in [1.165, 1.54) is 0 Å². The molecule has 11 heteroatoms. The van der Waals surface area contributed by atoms with Gasteiger partial charge in [0.05, 0.1) is 0 Å². The molecular formula is Cl4P2S4Zn. The summed E-state index contributed by atoms with van der Waals surface area (Å²) in [5.41, 5.74) is 0. The fraction of sp³-hybridized carbons (Fsp3) is 0. The van der Waals surface area contributed by atoms with Crippen molar-refractivity contribution in [3.05, 3.63) is 0 Å². The van der Waals surface area contributed by atoms with Crippen LogP contribution in [0.3, 0.4) is 0 Å². The van der Waals surface area contributed by atoms with Gasteiger partial charge < -0.3 is 24.5 Å². The molecule has 0 spiro atoms. The van der Waals surface area contributed by atoms with Crippen LogP contribution in [-0.2, 0) is 67.6 Å². The van der Waals surface area contributed by atoms with Gasteiger partial charge in [0.1, 0.15) is 0 Å².